The summed E-state index contributed by atoms with van der Waals surface area (Å²) < 4.78 is 26.1. The molecule has 0 bridgehead atoms. The number of nitrogens with zero attached hydrogens (tertiary/aromatic N) is 1. The molecule has 0 aliphatic carbocycles. The number of non-ortho nitro benzene ring substituents is 1. The van der Waals surface area contributed by atoms with E-state index in [0.29, 0.717) is 17.9 Å². The maximum Gasteiger partial charge on any atom is 0.269 e. The summed E-state index contributed by atoms with van der Waals surface area (Å²) in [7, 11) is 1.79. The molecule has 1 aromatic rings. The Morgan fingerprint density at radius 3 is 2.45 bits per heavy atom. The predicted molar refractivity (Wildman–Crippen MR) is 74.1 cm³/mol. The molecule has 1 aromatic carbocycles. The third-order valence-corrected chi connectivity index (χ3v) is 3.21. The van der Waals surface area contributed by atoms with Crippen molar-refractivity contribution in [3.05, 3.63) is 39.4 Å². The van der Waals surface area contributed by atoms with Crippen molar-refractivity contribution in [1.29, 1.82) is 0 Å². The van der Waals surface area contributed by atoms with E-state index in [1.807, 2.05) is 0 Å². The number of hydrogen-bond donors (Lipinski definition) is 1. The molecule has 0 radical (unpaired) electrons. The molecule has 0 spiro atoms. The zero-order valence-corrected chi connectivity index (χ0v) is 11.9. The van der Waals surface area contributed by atoms with E-state index in [1.54, 1.807) is 7.05 Å². The average molecular weight is 286 g/mol. The fourth-order valence-electron chi connectivity index (χ4n) is 2.22. The Hall–Kier alpha value is -1.56. The zero-order chi connectivity index (χ0) is 15.3. The molecule has 0 aliphatic rings. The first kappa shape index (κ1) is 16.5. The molecule has 0 heterocycles. The molecule has 1 N–H and O–H groups in total. The van der Waals surface area contributed by atoms with Gasteiger partial charge in [-0.3, -0.25) is 10.1 Å². The molecule has 1 atom stereocenters. The second-order valence-corrected chi connectivity index (χ2v) is 5.26. The van der Waals surface area contributed by atoms with Crippen LogP contribution in [-0.2, 0) is 6.42 Å². The molecule has 4 nitrogen and oxygen atoms in total. The minimum atomic E-state index is -2.71. The molecular formula is C14H20F2N2O2. The van der Waals surface area contributed by atoms with E-state index in [2.05, 4.69) is 19.2 Å². The second kappa shape index (κ2) is 7.28. The Morgan fingerprint density at radius 1 is 1.35 bits per heavy atom. The SMILES string of the molecule is CNC(Cc1ccc([N+](=O)[O-])cc1C(F)F)CC(C)C. The molecule has 0 fully saturated rings. The van der Waals surface area contributed by atoms with E-state index in [9.17, 15) is 18.9 Å². The number of rotatable bonds is 7. The highest BCUT2D eigenvalue weighted by atomic mass is 19.3. The largest absolute Gasteiger partial charge is 0.317 e. The van der Waals surface area contributed by atoms with Crippen LogP contribution in [0.4, 0.5) is 14.5 Å². The molecule has 0 saturated carbocycles. The summed E-state index contributed by atoms with van der Waals surface area (Å²) in [6, 6.07) is 3.77. The maximum atomic E-state index is 13.0. The smallest absolute Gasteiger partial charge is 0.269 e. The molecule has 6 heteroatoms. The van der Waals surface area contributed by atoms with Gasteiger partial charge in [-0.05, 0) is 31.4 Å². The van der Waals surface area contributed by atoms with Crippen molar-refractivity contribution in [3.63, 3.8) is 0 Å². The fourth-order valence-corrected chi connectivity index (χ4v) is 2.22. The number of nitro benzene ring substituents is 1. The summed E-state index contributed by atoms with van der Waals surface area (Å²) in [5, 5.41) is 13.8. The fraction of sp³-hybridized carbons (Fsp3) is 0.571. The molecule has 0 saturated heterocycles. The number of alkyl halides is 2. The standard InChI is InChI=1S/C14H20F2N2O2/c1-9(2)6-11(17-3)7-10-4-5-12(18(19)20)8-13(10)14(15)16/h4-5,8-9,11,14,17H,6-7H2,1-3H3. The molecule has 1 rings (SSSR count). The van der Waals surface area contributed by atoms with Crippen LogP contribution in [-0.4, -0.2) is 18.0 Å². The van der Waals surface area contributed by atoms with Crippen LogP contribution in [0.1, 0.15) is 37.8 Å². The van der Waals surface area contributed by atoms with Gasteiger partial charge in [0, 0.05) is 23.7 Å². The van der Waals surface area contributed by atoms with Crippen LogP contribution in [0, 0.1) is 16.0 Å². The maximum absolute atomic E-state index is 13.0. The molecule has 112 valence electrons. The Labute approximate surface area is 117 Å². The monoisotopic (exact) mass is 286 g/mol. The summed E-state index contributed by atoms with van der Waals surface area (Å²) in [5.41, 5.74) is -0.0808. The average Bonchev–Trinajstić information content (AvgIpc) is 2.37. The van der Waals surface area contributed by atoms with E-state index in [1.165, 1.54) is 12.1 Å². The van der Waals surface area contributed by atoms with Gasteiger partial charge in [-0.1, -0.05) is 19.9 Å². The summed E-state index contributed by atoms with van der Waals surface area (Å²) in [5.74, 6) is 0.445. The predicted octanol–water partition coefficient (Wildman–Crippen LogP) is 3.71. The minimum absolute atomic E-state index is 0.0777. The summed E-state index contributed by atoms with van der Waals surface area (Å²) in [4.78, 5) is 10.0. The van der Waals surface area contributed by atoms with Gasteiger partial charge in [-0.2, -0.15) is 0 Å². The number of likely N-dealkylation sites (N-methyl/N-ethyl adjacent to an activating group) is 1. The Morgan fingerprint density at radius 2 is 2.00 bits per heavy atom. The highest BCUT2D eigenvalue weighted by Crippen LogP contribution is 2.28. The minimum Gasteiger partial charge on any atom is -0.317 e. The van der Waals surface area contributed by atoms with Crippen LogP contribution in [0.15, 0.2) is 18.2 Å². The Kier molecular flexibility index (Phi) is 6.01. The van der Waals surface area contributed by atoms with Gasteiger partial charge < -0.3 is 5.32 Å². The Balaban J connectivity index is 3.01. The number of halogens is 2. The molecule has 20 heavy (non-hydrogen) atoms. The van der Waals surface area contributed by atoms with Crippen molar-refractivity contribution in [3.8, 4) is 0 Å². The first-order valence-corrected chi connectivity index (χ1v) is 6.57. The van der Waals surface area contributed by atoms with Gasteiger partial charge >= 0.3 is 0 Å². The van der Waals surface area contributed by atoms with E-state index >= 15 is 0 Å². The van der Waals surface area contributed by atoms with Gasteiger partial charge in [0.25, 0.3) is 12.1 Å². The van der Waals surface area contributed by atoms with Crippen LogP contribution in [0.25, 0.3) is 0 Å². The van der Waals surface area contributed by atoms with Crippen molar-refractivity contribution in [2.45, 2.75) is 39.2 Å². The van der Waals surface area contributed by atoms with E-state index in [-0.39, 0.29) is 17.3 Å². The van der Waals surface area contributed by atoms with Crippen molar-refractivity contribution in [2.75, 3.05) is 7.05 Å². The van der Waals surface area contributed by atoms with Gasteiger partial charge in [-0.15, -0.1) is 0 Å². The third-order valence-electron chi connectivity index (χ3n) is 3.21. The number of hydrogen-bond acceptors (Lipinski definition) is 3. The van der Waals surface area contributed by atoms with Crippen LogP contribution in [0.2, 0.25) is 0 Å². The highest BCUT2D eigenvalue weighted by Gasteiger charge is 2.20. The highest BCUT2D eigenvalue weighted by molar-refractivity contribution is 5.41. The Bertz CT molecular complexity index is 464. The van der Waals surface area contributed by atoms with Crippen molar-refractivity contribution in [2.24, 2.45) is 5.92 Å². The van der Waals surface area contributed by atoms with E-state index in [4.69, 9.17) is 0 Å². The molecule has 0 aromatic heterocycles. The van der Waals surface area contributed by atoms with E-state index in [0.717, 1.165) is 12.5 Å². The van der Waals surface area contributed by atoms with Crippen LogP contribution in [0.5, 0.6) is 0 Å². The van der Waals surface area contributed by atoms with Gasteiger partial charge in [-0.25, -0.2) is 8.78 Å². The summed E-state index contributed by atoms with van der Waals surface area (Å²) >= 11 is 0. The van der Waals surface area contributed by atoms with Crippen molar-refractivity contribution >= 4 is 5.69 Å². The van der Waals surface area contributed by atoms with Gasteiger partial charge in [0.15, 0.2) is 0 Å². The molecule has 1 unspecified atom stereocenters. The summed E-state index contributed by atoms with van der Waals surface area (Å²) in [6.45, 7) is 4.13. The van der Waals surface area contributed by atoms with Crippen molar-refractivity contribution in [1.82, 2.24) is 5.32 Å². The van der Waals surface area contributed by atoms with Crippen LogP contribution >= 0.6 is 0 Å². The molecule has 0 amide bonds. The lowest BCUT2D eigenvalue weighted by molar-refractivity contribution is -0.385. The lowest BCUT2D eigenvalue weighted by Gasteiger charge is -2.20. The van der Waals surface area contributed by atoms with Gasteiger partial charge in [0.1, 0.15) is 0 Å². The first-order chi connectivity index (χ1) is 9.35. The van der Waals surface area contributed by atoms with Crippen LogP contribution < -0.4 is 5.32 Å². The first-order valence-electron chi connectivity index (χ1n) is 6.57. The number of nitro groups is 1. The third kappa shape index (κ3) is 4.52. The summed E-state index contributed by atoms with van der Waals surface area (Å²) in [6.07, 6.45) is -1.41. The molecule has 0 aliphatic heterocycles. The number of nitrogens with one attached hydrogen (secondary N) is 1. The lowest BCUT2D eigenvalue weighted by atomic mass is 9.94. The zero-order valence-electron chi connectivity index (χ0n) is 11.9. The second-order valence-electron chi connectivity index (χ2n) is 5.26. The van der Waals surface area contributed by atoms with Gasteiger partial charge in [0.05, 0.1) is 4.92 Å². The van der Waals surface area contributed by atoms with Crippen molar-refractivity contribution < 1.29 is 13.7 Å². The topological polar surface area (TPSA) is 55.2 Å². The van der Waals surface area contributed by atoms with Gasteiger partial charge in [0.2, 0.25) is 0 Å². The molecular weight excluding hydrogens is 266 g/mol. The number of benzene rings is 1. The lowest BCUT2D eigenvalue weighted by Crippen LogP contribution is -2.29. The quantitative estimate of drug-likeness (QED) is 0.614. The van der Waals surface area contributed by atoms with E-state index < -0.39 is 11.3 Å². The normalized spacial score (nSPS) is 12.9. The van der Waals surface area contributed by atoms with Crippen LogP contribution in [0.3, 0.4) is 0 Å².